The summed E-state index contributed by atoms with van der Waals surface area (Å²) >= 11 is 0. The first-order chi connectivity index (χ1) is 35.9. The zero-order valence-electron chi connectivity index (χ0n) is 43.5. The highest BCUT2D eigenvalue weighted by Crippen LogP contribution is 2.43. The number of methoxy groups -OCH3 is 1. The summed E-state index contributed by atoms with van der Waals surface area (Å²) < 4.78 is 18.9. The fourth-order valence-corrected chi connectivity index (χ4v) is 13.4. The number of carbonyl (C=O) groups is 4. The molecule has 0 bridgehead atoms. The number of nitrogens with zero attached hydrogens (tertiary/aromatic N) is 2. The van der Waals surface area contributed by atoms with E-state index in [-0.39, 0.29) is 47.8 Å². The van der Waals surface area contributed by atoms with Crippen LogP contribution < -0.4 is 34.8 Å². The van der Waals surface area contributed by atoms with E-state index < -0.39 is 0 Å². The molecule has 0 saturated carbocycles. The largest absolute Gasteiger partial charge is 0.493 e. The molecule has 5 aromatic rings. The minimum atomic E-state index is -0.164. The van der Waals surface area contributed by atoms with E-state index in [0.29, 0.717) is 66.6 Å². The SMILES string of the molecule is CCNOCCCCC(=O)CCCSSC(C)(C)CCC(=O)Nc1cc(COc2cc3c(cc2C)C(=O)N2c4ccccc4C[C@H]2CC3)cc(COc2cc3c(cc2OC)C(=O)N2c4ccccc4C[C@H]2CC3)c1. The Morgan fingerprint density at radius 3 is 1.93 bits per heavy atom. The van der Waals surface area contributed by atoms with Gasteiger partial charge in [-0.2, -0.15) is 0 Å². The lowest BCUT2D eigenvalue weighted by molar-refractivity contribution is -0.119. The maximum Gasteiger partial charge on any atom is 0.258 e. The molecule has 4 heterocycles. The molecule has 0 spiro atoms. The Balaban J connectivity index is 0.867. The van der Waals surface area contributed by atoms with Crippen molar-refractivity contribution in [3.63, 3.8) is 0 Å². The van der Waals surface area contributed by atoms with E-state index in [1.807, 2.05) is 96.4 Å². The normalized spacial score (nSPS) is 16.6. The number of ether oxygens (including phenoxy) is 3. The van der Waals surface area contributed by atoms with Crippen molar-refractivity contribution in [3.8, 4) is 17.2 Å². The van der Waals surface area contributed by atoms with Gasteiger partial charge < -0.3 is 34.2 Å². The van der Waals surface area contributed by atoms with Crippen LogP contribution in [0.1, 0.15) is 138 Å². The van der Waals surface area contributed by atoms with Gasteiger partial charge in [-0.1, -0.05) is 64.9 Å². The number of hydrogen-bond donors (Lipinski definition) is 2. The summed E-state index contributed by atoms with van der Waals surface area (Å²) in [6, 6.07) is 30.3. The van der Waals surface area contributed by atoms with Crippen LogP contribution in [-0.4, -0.2) is 66.3 Å². The van der Waals surface area contributed by atoms with Gasteiger partial charge in [0.25, 0.3) is 11.8 Å². The van der Waals surface area contributed by atoms with Crippen LogP contribution in [0.25, 0.3) is 0 Å². The average Bonchev–Trinajstić information content (AvgIpc) is 3.89. The van der Waals surface area contributed by atoms with Crippen LogP contribution in [0.5, 0.6) is 17.2 Å². The van der Waals surface area contributed by atoms with E-state index in [0.717, 1.165) is 115 Å². The maximum absolute atomic E-state index is 14.2. The summed E-state index contributed by atoms with van der Waals surface area (Å²) in [5.74, 6) is 2.82. The fourth-order valence-electron chi connectivity index (χ4n) is 10.7. The molecule has 4 aliphatic heterocycles. The van der Waals surface area contributed by atoms with Gasteiger partial charge in [0.1, 0.15) is 24.7 Å². The molecule has 0 aliphatic carbocycles. The lowest BCUT2D eigenvalue weighted by Gasteiger charge is -2.23. The van der Waals surface area contributed by atoms with Gasteiger partial charge in [-0.25, -0.2) is 5.48 Å². The van der Waals surface area contributed by atoms with Crippen molar-refractivity contribution >= 4 is 62.2 Å². The number of unbranched alkanes of at least 4 members (excludes halogenated alkanes) is 1. The summed E-state index contributed by atoms with van der Waals surface area (Å²) in [6.07, 6.45) is 9.61. The topological polar surface area (TPSA) is 136 Å². The zero-order chi connectivity index (χ0) is 51.8. The second-order valence-corrected chi connectivity index (χ2v) is 23.7. The van der Waals surface area contributed by atoms with Gasteiger partial charge in [-0.3, -0.25) is 19.2 Å². The third kappa shape index (κ3) is 12.6. The molecule has 2 atom stereocenters. The quantitative estimate of drug-likeness (QED) is 0.0347. The number of rotatable bonds is 24. The van der Waals surface area contributed by atoms with Crippen molar-refractivity contribution in [2.75, 3.05) is 41.1 Å². The summed E-state index contributed by atoms with van der Waals surface area (Å²) in [6.45, 7) is 10.0. The summed E-state index contributed by atoms with van der Waals surface area (Å²) in [5.41, 5.74) is 13.7. The molecule has 12 nitrogen and oxygen atoms in total. The lowest BCUT2D eigenvalue weighted by Crippen LogP contribution is -2.36. The van der Waals surface area contributed by atoms with Gasteiger partial charge in [0, 0.05) is 76.6 Å². The van der Waals surface area contributed by atoms with Crippen molar-refractivity contribution in [1.82, 2.24) is 5.48 Å². The van der Waals surface area contributed by atoms with Crippen molar-refractivity contribution in [2.45, 2.75) is 141 Å². The molecule has 5 aromatic carbocycles. The van der Waals surface area contributed by atoms with Gasteiger partial charge >= 0.3 is 0 Å². The average molecular weight is 1040 g/mol. The first kappa shape index (κ1) is 53.0. The molecule has 4 aliphatic rings. The number of ketones is 1. The van der Waals surface area contributed by atoms with Crippen molar-refractivity contribution in [1.29, 1.82) is 0 Å². The minimum absolute atomic E-state index is 0.0223. The van der Waals surface area contributed by atoms with E-state index in [9.17, 15) is 19.2 Å². The number of carbonyl (C=O) groups excluding carboxylic acids is 4. The molecule has 0 unspecified atom stereocenters. The standard InChI is InChI=1S/C60H70N4O8S2/c1-6-61-72-26-12-11-16-49(65)17-13-27-73-74-60(3,4)25-24-57(66)62-46-30-40(37-70-54-34-42-20-22-47-32-44-14-7-9-18-52(44)63(47)58(67)50(42)28-39(54)2)29-41(31-46)38-71-56-35-43-21-23-48-33-45-15-8-10-19-53(45)64(48)59(68)51(43)36-55(56)69-5/h7-10,14-15,18-19,28-31,34-36,47-48,61H,6,11-13,16-17,20-27,32-33,37-38H2,1-5H3,(H,62,66)/t47-,48-/m1/s1. The number of hydrogen-bond acceptors (Lipinski definition) is 11. The smallest absolute Gasteiger partial charge is 0.258 e. The highest BCUT2D eigenvalue weighted by molar-refractivity contribution is 8.77. The van der Waals surface area contributed by atoms with Crippen LogP contribution >= 0.6 is 21.6 Å². The number of nitrogens with one attached hydrogen (secondary N) is 2. The van der Waals surface area contributed by atoms with Gasteiger partial charge in [0.2, 0.25) is 5.91 Å². The number of para-hydroxylation sites is 2. The zero-order valence-corrected chi connectivity index (χ0v) is 45.2. The molecule has 2 N–H and O–H groups in total. The molecule has 0 aromatic heterocycles. The number of anilines is 3. The van der Waals surface area contributed by atoms with Crippen LogP contribution in [0, 0.1) is 6.92 Å². The summed E-state index contributed by atoms with van der Waals surface area (Å²) in [5, 5.41) is 3.18. The summed E-state index contributed by atoms with van der Waals surface area (Å²) in [7, 11) is 5.11. The molecule has 3 amide bonds. The Morgan fingerprint density at radius 2 is 1.30 bits per heavy atom. The van der Waals surface area contributed by atoms with Crippen LogP contribution in [0.2, 0.25) is 0 Å². The van der Waals surface area contributed by atoms with E-state index in [1.54, 1.807) is 28.7 Å². The molecule has 390 valence electrons. The highest BCUT2D eigenvalue weighted by atomic mass is 33.1. The van der Waals surface area contributed by atoms with E-state index in [4.69, 9.17) is 19.0 Å². The van der Waals surface area contributed by atoms with Gasteiger partial charge in [0.05, 0.1) is 13.7 Å². The number of amides is 3. The molecule has 14 heteroatoms. The molecule has 0 fully saturated rings. The number of hydroxylamine groups is 1. The Kier molecular flexibility index (Phi) is 17.4. The summed E-state index contributed by atoms with van der Waals surface area (Å²) in [4.78, 5) is 63.6. The lowest BCUT2D eigenvalue weighted by atomic mass is 9.98. The highest BCUT2D eigenvalue weighted by Gasteiger charge is 2.39. The van der Waals surface area contributed by atoms with Crippen LogP contribution in [0.15, 0.2) is 91.0 Å². The Labute approximate surface area is 444 Å². The third-order valence-corrected chi connectivity index (χ3v) is 18.0. The van der Waals surface area contributed by atoms with Gasteiger partial charge in [-0.15, -0.1) is 0 Å². The second-order valence-electron chi connectivity index (χ2n) is 20.6. The molecule has 0 radical (unpaired) electrons. The number of fused-ring (bicyclic) bond motifs is 8. The molecule has 9 rings (SSSR count). The van der Waals surface area contributed by atoms with Crippen molar-refractivity contribution in [2.24, 2.45) is 0 Å². The molecular weight excluding hydrogens is 969 g/mol. The fraction of sp³-hybridized carbons (Fsp3) is 0.433. The Hall–Kier alpha value is -5.80. The molecule has 0 saturated heterocycles. The van der Waals surface area contributed by atoms with Crippen LogP contribution in [0.3, 0.4) is 0 Å². The Morgan fingerprint density at radius 1 is 0.703 bits per heavy atom. The number of Topliss-reactive ketones (excluding diaryl/α,β-unsaturated/α-hetero) is 1. The van der Waals surface area contributed by atoms with E-state index in [2.05, 4.69) is 42.8 Å². The molecule has 74 heavy (non-hydrogen) atoms. The van der Waals surface area contributed by atoms with E-state index >= 15 is 0 Å². The van der Waals surface area contributed by atoms with Gasteiger partial charge in [0.15, 0.2) is 11.5 Å². The number of aryl methyl sites for hydroxylation is 3. The van der Waals surface area contributed by atoms with Gasteiger partial charge in [-0.05, 0) is 179 Å². The Bertz CT molecular complexity index is 2870. The molecular formula is C60H70N4O8S2. The minimum Gasteiger partial charge on any atom is -0.493 e. The monoisotopic (exact) mass is 1040 g/mol. The predicted molar refractivity (Wildman–Crippen MR) is 297 cm³/mol. The van der Waals surface area contributed by atoms with Crippen LogP contribution in [-0.2, 0) is 53.3 Å². The third-order valence-electron chi connectivity index (χ3n) is 14.6. The van der Waals surface area contributed by atoms with Crippen molar-refractivity contribution < 1.29 is 38.2 Å². The van der Waals surface area contributed by atoms with Crippen LogP contribution in [0.4, 0.5) is 17.1 Å². The van der Waals surface area contributed by atoms with E-state index in [1.165, 1.54) is 11.1 Å². The number of benzene rings is 5. The second kappa shape index (κ2) is 24.3. The first-order valence-electron chi connectivity index (χ1n) is 26.4. The van der Waals surface area contributed by atoms with Crippen molar-refractivity contribution in [3.05, 3.63) is 141 Å². The first-order valence-corrected chi connectivity index (χ1v) is 28.7. The predicted octanol–water partition coefficient (Wildman–Crippen LogP) is 12.1. The maximum atomic E-state index is 14.2.